The number of fused-ring (bicyclic) bond motifs is 1. The van der Waals surface area contributed by atoms with Crippen LogP contribution in [-0.2, 0) is 6.42 Å². The summed E-state index contributed by atoms with van der Waals surface area (Å²) in [5.41, 5.74) is 8.75. The van der Waals surface area contributed by atoms with Crippen LogP contribution < -0.4 is 10.5 Å². The van der Waals surface area contributed by atoms with Crippen LogP contribution in [0.25, 0.3) is 16.6 Å². The molecule has 1 aromatic heterocycles. The second-order valence-electron chi connectivity index (χ2n) is 6.64. The molecule has 4 rings (SSSR count). The lowest BCUT2D eigenvalue weighted by Gasteiger charge is -2.13. The lowest BCUT2D eigenvalue weighted by atomic mass is 10.1. The molecule has 0 saturated heterocycles. The summed E-state index contributed by atoms with van der Waals surface area (Å²) < 4.78 is 21.0. The van der Waals surface area contributed by atoms with Gasteiger partial charge in [-0.25, -0.2) is 9.07 Å². The van der Waals surface area contributed by atoms with Gasteiger partial charge in [0, 0.05) is 11.4 Å². The summed E-state index contributed by atoms with van der Waals surface area (Å²) in [4.78, 5) is 0. The molecule has 0 bridgehead atoms. The third-order valence-electron chi connectivity index (χ3n) is 4.35. The summed E-state index contributed by atoms with van der Waals surface area (Å²) in [6.07, 6.45) is 2.53. The summed E-state index contributed by atoms with van der Waals surface area (Å²) in [5.74, 6) is 1.27. The van der Waals surface area contributed by atoms with Crippen LogP contribution in [0, 0.1) is 5.82 Å². The lowest BCUT2D eigenvalue weighted by Crippen LogP contribution is -2.18. The van der Waals surface area contributed by atoms with Gasteiger partial charge < -0.3 is 10.5 Å². The Bertz CT molecular complexity index is 1070. The Labute approximate surface area is 157 Å². The van der Waals surface area contributed by atoms with E-state index in [1.807, 2.05) is 49.4 Å². The van der Waals surface area contributed by atoms with E-state index in [1.165, 1.54) is 12.1 Å². The van der Waals surface area contributed by atoms with Gasteiger partial charge in [-0.15, -0.1) is 0 Å². The number of ether oxygens (including phenoxy) is 1. The second kappa shape index (κ2) is 7.21. The van der Waals surface area contributed by atoms with Crippen LogP contribution in [-0.4, -0.2) is 15.8 Å². The van der Waals surface area contributed by atoms with Crippen molar-refractivity contribution >= 4 is 10.9 Å². The largest absolute Gasteiger partial charge is 0.457 e. The fraction of sp³-hybridized carbons (Fsp3) is 0.136. The summed E-state index contributed by atoms with van der Waals surface area (Å²) >= 11 is 0. The van der Waals surface area contributed by atoms with Crippen molar-refractivity contribution in [2.24, 2.45) is 5.73 Å². The molecular weight excluding hydrogens is 341 g/mol. The number of halogens is 1. The van der Waals surface area contributed by atoms with Gasteiger partial charge in [0.15, 0.2) is 0 Å². The molecule has 0 aliphatic carbocycles. The van der Waals surface area contributed by atoms with Crippen LogP contribution in [0.1, 0.15) is 12.5 Å². The van der Waals surface area contributed by atoms with E-state index in [9.17, 15) is 4.39 Å². The Morgan fingerprint density at radius 3 is 2.63 bits per heavy atom. The Balaban J connectivity index is 1.65. The molecule has 5 heteroatoms. The Morgan fingerprint density at radius 2 is 1.85 bits per heavy atom. The van der Waals surface area contributed by atoms with Gasteiger partial charge in [-0.3, -0.25) is 0 Å². The predicted octanol–water partition coefficient (Wildman–Crippen LogP) is 4.85. The number of rotatable bonds is 5. The molecule has 0 amide bonds. The van der Waals surface area contributed by atoms with Gasteiger partial charge in [0.25, 0.3) is 0 Å². The van der Waals surface area contributed by atoms with E-state index in [1.54, 1.807) is 23.0 Å². The summed E-state index contributed by atoms with van der Waals surface area (Å²) in [6, 6.07) is 20.1. The number of hydrogen-bond acceptors (Lipinski definition) is 3. The van der Waals surface area contributed by atoms with Crippen molar-refractivity contribution in [3.05, 3.63) is 84.3 Å². The summed E-state index contributed by atoms with van der Waals surface area (Å²) in [7, 11) is 0. The summed E-state index contributed by atoms with van der Waals surface area (Å²) in [5, 5.41) is 5.37. The second-order valence-corrected chi connectivity index (χ2v) is 6.64. The van der Waals surface area contributed by atoms with E-state index in [2.05, 4.69) is 5.10 Å². The normalized spacial score (nSPS) is 12.3. The van der Waals surface area contributed by atoms with Crippen molar-refractivity contribution in [2.45, 2.75) is 19.4 Å². The molecule has 0 aliphatic rings. The minimum atomic E-state index is -0.267. The molecule has 0 fully saturated rings. The third kappa shape index (κ3) is 3.68. The Morgan fingerprint density at radius 1 is 1.07 bits per heavy atom. The number of nitrogens with zero attached hydrogens (tertiary/aromatic N) is 2. The number of aromatic nitrogens is 2. The number of hydrogen-bond donors (Lipinski definition) is 1. The van der Waals surface area contributed by atoms with E-state index in [0.29, 0.717) is 0 Å². The fourth-order valence-electron chi connectivity index (χ4n) is 3.11. The van der Waals surface area contributed by atoms with Gasteiger partial charge in [-0.05, 0) is 67.4 Å². The maximum atomic E-state index is 13.2. The predicted molar refractivity (Wildman–Crippen MR) is 105 cm³/mol. The van der Waals surface area contributed by atoms with Gasteiger partial charge in [0.2, 0.25) is 0 Å². The minimum Gasteiger partial charge on any atom is -0.457 e. The van der Waals surface area contributed by atoms with E-state index >= 15 is 0 Å². The van der Waals surface area contributed by atoms with Crippen LogP contribution >= 0.6 is 0 Å². The smallest absolute Gasteiger partial charge is 0.130 e. The van der Waals surface area contributed by atoms with Crippen LogP contribution in [0.15, 0.2) is 72.9 Å². The van der Waals surface area contributed by atoms with E-state index in [-0.39, 0.29) is 11.9 Å². The molecule has 0 saturated carbocycles. The van der Waals surface area contributed by atoms with E-state index < -0.39 is 0 Å². The number of benzene rings is 3. The first-order valence-corrected chi connectivity index (χ1v) is 8.85. The van der Waals surface area contributed by atoms with Crippen LogP contribution in [0.2, 0.25) is 0 Å². The Kier molecular flexibility index (Phi) is 4.60. The van der Waals surface area contributed by atoms with Gasteiger partial charge in [-0.1, -0.05) is 18.2 Å². The zero-order chi connectivity index (χ0) is 18.8. The maximum absolute atomic E-state index is 13.2. The van der Waals surface area contributed by atoms with E-state index in [0.717, 1.165) is 40.1 Å². The SMILES string of the molecule is CC(N)Cc1ccccc1Oc1ccc2c(cnn2-c2ccc(F)cc2)c1. The van der Waals surface area contributed by atoms with Crippen LogP contribution in [0.5, 0.6) is 11.5 Å². The van der Waals surface area contributed by atoms with Crippen molar-refractivity contribution in [3.63, 3.8) is 0 Å². The van der Waals surface area contributed by atoms with Gasteiger partial charge in [0.05, 0.1) is 17.4 Å². The number of para-hydroxylation sites is 1. The molecule has 1 atom stereocenters. The quantitative estimate of drug-likeness (QED) is 0.553. The molecule has 0 aliphatic heterocycles. The zero-order valence-corrected chi connectivity index (χ0v) is 15.0. The lowest BCUT2D eigenvalue weighted by molar-refractivity contribution is 0.474. The molecule has 27 heavy (non-hydrogen) atoms. The number of nitrogens with two attached hydrogens (primary N) is 1. The highest BCUT2D eigenvalue weighted by molar-refractivity contribution is 5.81. The van der Waals surface area contributed by atoms with Crippen molar-refractivity contribution in [1.82, 2.24) is 9.78 Å². The molecular formula is C22H20FN3O. The van der Waals surface area contributed by atoms with Gasteiger partial charge in [-0.2, -0.15) is 5.10 Å². The standard InChI is InChI=1S/C22H20FN3O/c1-15(24)12-16-4-2-3-5-22(16)27-20-10-11-21-17(13-20)14-25-26(21)19-8-6-18(23)7-9-19/h2-11,13-15H,12,24H2,1H3. The topological polar surface area (TPSA) is 53.1 Å². The van der Waals surface area contributed by atoms with E-state index in [4.69, 9.17) is 10.5 Å². The first-order chi connectivity index (χ1) is 13.1. The van der Waals surface area contributed by atoms with Crippen molar-refractivity contribution < 1.29 is 9.13 Å². The molecule has 0 radical (unpaired) electrons. The maximum Gasteiger partial charge on any atom is 0.130 e. The van der Waals surface area contributed by atoms with Crippen molar-refractivity contribution in [1.29, 1.82) is 0 Å². The van der Waals surface area contributed by atoms with Crippen LogP contribution in [0.4, 0.5) is 4.39 Å². The minimum absolute atomic E-state index is 0.0613. The average Bonchev–Trinajstić information content (AvgIpc) is 3.07. The average molecular weight is 361 g/mol. The van der Waals surface area contributed by atoms with Crippen molar-refractivity contribution in [3.8, 4) is 17.2 Å². The highest BCUT2D eigenvalue weighted by Crippen LogP contribution is 2.29. The monoisotopic (exact) mass is 361 g/mol. The summed E-state index contributed by atoms with van der Waals surface area (Å²) in [6.45, 7) is 1.98. The molecule has 1 unspecified atom stereocenters. The first kappa shape index (κ1) is 17.2. The highest BCUT2D eigenvalue weighted by atomic mass is 19.1. The van der Waals surface area contributed by atoms with Gasteiger partial charge in [0.1, 0.15) is 17.3 Å². The molecule has 3 aromatic carbocycles. The third-order valence-corrected chi connectivity index (χ3v) is 4.35. The van der Waals surface area contributed by atoms with Gasteiger partial charge >= 0.3 is 0 Å². The zero-order valence-electron chi connectivity index (χ0n) is 15.0. The molecule has 2 N–H and O–H groups in total. The molecule has 136 valence electrons. The fourth-order valence-corrected chi connectivity index (χ4v) is 3.11. The highest BCUT2D eigenvalue weighted by Gasteiger charge is 2.10. The molecule has 0 spiro atoms. The Hall–Kier alpha value is -3.18. The molecule has 4 nitrogen and oxygen atoms in total. The first-order valence-electron chi connectivity index (χ1n) is 8.85. The molecule has 4 aromatic rings. The molecule has 1 heterocycles. The van der Waals surface area contributed by atoms with Crippen molar-refractivity contribution in [2.75, 3.05) is 0 Å². The van der Waals surface area contributed by atoms with Crippen LogP contribution in [0.3, 0.4) is 0 Å².